The van der Waals surface area contributed by atoms with Crippen LogP contribution in [0.15, 0.2) is 12.1 Å². The normalized spacial score (nSPS) is 10.3. The van der Waals surface area contributed by atoms with Crippen LogP contribution in [0.3, 0.4) is 0 Å². The molecule has 1 aromatic rings. The first-order chi connectivity index (χ1) is 7.40. The molecule has 0 saturated heterocycles. The minimum atomic E-state index is 0.0931. The molecular weight excluding hydrogens is 359 g/mol. The zero-order valence-corrected chi connectivity index (χ0v) is 12.6. The highest BCUT2D eigenvalue weighted by Gasteiger charge is 2.07. The minimum Gasteiger partial charge on any atom is -0.505 e. The van der Waals surface area contributed by atoms with Crippen molar-refractivity contribution >= 4 is 57.2 Å². The Morgan fingerprint density at radius 3 is 2.62 bits per heavy atom. The number of anilines is 1. The highest BCUT2D eigenvalue weighted by Crippen LogP contribution is 2.32. The van der Waals surface area contributed by atoms with Gasteiger partial charge in [-0.05, 0) is 60.8 Å². The summed E-state index contributed by atoms with van der Waals surface area (Å²) in [6.45, 7) is 4.00. The van der Waals surface area contributed by atoms with Crippen molar-refractivity contribution < 1.29 is 5.11 Å². The second-order valence-electron chi connectivity index (χ2n) is 3.54. The third-order valence-corrected chi connectivity index (χ3v) is 3.02. The maximum Gasteiger partial charge on any atom is 0.170 e. The molecular formula is C10H12ClIN2OS. The molecule has 0 spiro atoms. The second-order valence-corrected chi connectivity index (χ2v) is 5.52. The lowest BCUT2D eigenvalue weighted by molar-refractivity contribution is 0.472. The monoisotopic (exact) mass is 370 g/mol. The lowest BCUT2D eigenvalue weighted by Gasteiger charge is -2.14. The third kappa shape index (κ3) is 3.95. The van der Waals surface area contributed by atoms with Gasteiger partial charge in [0.1, 0.15) is 5.75 Å². The summed E-state index contributed by atoms with van der Waals surface area (Å²) in [7, 11) is 0. The molecule has 0 aliphatic heterocycles. The smallest absolute Gasteiger partial charge is 0.170 e. The van der Waals surface area contributed by atoms with Gasteiger partial charge in [0.15, 0.2) is 5.11 Å². The maximum absolute atomic E-state index is 9.49. The zero-order chi connectivity index (χ0) is 12.3. The van der Waals surface area contributed by atoms with Crippen molar-refractivity contribution in [3.63, 3.8) is 0 Å². The molecule has 0 aromatic heterocycles. The van der Waals surface area contributed by atoms with Crippen LogP contribution in [-0.4, -0.2) is 16.3 Å². The number of halogens is 2. The fraction of sp³-hybridized carbons (Fsp3) is 0.300. The lowest BCUT2D eigenvalue weighted by Crippen LogP contribution is -2.33. The standard InChI is InChI=1S/C10H12ClIN2OS/c1-5(2)13-10(16)14-6-3-7(11)9(15)8(12)4-6/h3-5,15H,1-2H3,(H2,13,14,16). The average Bonchev–Trinajstić information content (AvgIpc) is 2.12. The number of rotatable bonds is 2. The summed E-state index contributed by atoms with van der Waals surface area (Å²) in [5, 5.41) is 16.4. The molecule has 3 N–H and O–H groups in total. The van der Waals surface area contributed by atoms with Gasteiger partial charge in [0.2, 0.25) is 0 Å². The molecule has 0 aliphatic carbocycles. The highest BCUT2D eigenvalue weighted by molar-refractivity contribution is 14.1. The van der Waals surface area contributed by atoms with Gasteiger partial charge >= 0.3 is 0 Å². The summed E-state index contributed by atoms with van der Waals surface area (Å²) in [4.78, 5) is 0. The van der Waals surface area contributed by atoms with Crippen molar-refractivity contribution in [1.29, 1.82) is 0 Å². The first kappa shape index (κ1) is 13.8. The lowest BCUT2D eigenvalue weighted by atomic mass is 10.3. The molecule has 0 atom stereocenters. The Morgan fingerprint density at radius 2 is 2.12 bits per heavy atom. The second kappa shape index (κ2) is 5.88. The van der Waals surface area contributed by atoms with Crippen LogP contribution < -0.4 is 10.6 Å². The van der Waals surface area contributed by atoms with Gasteiger partial charge in [-0.2, -0.15) is 0 Å². The van der Waals surface area contributed by atoms with Crippen LogP contribution in [0.25, 0.3) is 0 Å². The van der Waals surface area contributed by atoms with Gasteiger partial charge in [-0.15, -0.1) is 0 Å². The summed E-state index contributed by atoms with van der Waals surface area (Å²) < 4.78 is 0.681. The topological polar surface area (TPSA) is 44.3 Å². The van der Waals surface area contributed by atoms with Gasteiger partial charge in [-0.25, -0.2) is 0 Å². The van der Waals surface area contributed by atoms with Crippen LogP contribution in [0.2, 0.25) is 5.02 Å². The van der Waals surface area contributed by atoms with Gasteiger partial charge in [-0.1, -0.05) is 11.6 Å². The molecule has 0 saturated carbocycles. The van der Waals surface area contributed by atoms with Crippen LogP contribution in [-0.2, 0) is 0 Å². The molecule has 16 heavy (non-hydrogen) atoms. The van der Waals surface area contributed by atoms with E-state index in [4.69, 9.17) is 23.8 Å². The number of benzene rings is 1. The number of hydrogen-bond acceptors (Lipinski definition) is 2. The molecule has 3 nitrogen and oxygen atoms in total. The Labute approximate surface area is 119 Å². The molecule has 88 valence electrons. The Hall–Kier alpha value is -0.270. The van der Waals surface area contributed by atoms with Crippen LogP contribution in [0.4, 0.5) is 5.69 Å². The Bertz CT molecular complexity index is 389. The van der Waals surface area contributed by atoms with Crippen LogP contribution in [0.1, 0.15) is 13.8 Å². The highest BCUT2D eigenvalue weighted by atomic mass is 127. The van der Waals surface area contributed by atoms with Crippen molar-refractivity contribution in [1.82, 2.24) is 5.32 Å². The molecule has 0 unspecified atom stereocenters. The van der Waals surface area contributed by atoms with E-state index >= 15 is 0 Å². The van der Waals surface area contributed by atoms with Crippen LogP contribution in [0, 0.1) is 3.57 Å². The van der Waals surface area contributed by atoms with E-state index in [0.717, 1.165) is 5.69 Å². The van der Waals surface area contributed by atoms with Crippen LogP contribution >= 0.6 is 46.4 Å². The number of nitrogens with one attached hydrogen (secondary N) is 2. The van der Waals surface area contributed by atoms with Crippen molar-refractivity contribution in [3.8, 4) is 5.75 Å². The first-order valence-corrected chi connectivity index (χ1v) is 6.52. The van der Waals surface area contributed by atoms with Crippen LogP contribution in [0.5, 0.6) is 5.75 Å². The fourth-order valence-corrected chi connectivity index (χ4v) is 2.43. The molecule has 0 radical (unpaired) electrons. The Balaban J connectivity index is 2.79. The number of aromatic hydroxyl groups is 1. The molecule has 1 rings (SSSR count). The largest absolute Gasteiger partial charge is 0.505 e. The number of phenols is 1. The SMILES string of the molecule is CC(C)NC(=S)Nc1cc(Cl)c(O)c(I)c1. The molecule has 6 heteroatoms. The van der Waals surface area contributed by atoms with Crippen molar-refractivity contribution in [2.24, 2.45) is 0 Å². The van der Waals surface area contributed by atoms with E-state index in [1.54, 1.807) is 12.1 Å². The Morgan fingerprint density at radius 1 is 1.50 bits per heavy atom. The summed E-state index contributed by atoms with van der Waals surface area (Å²) in [6, 6.07) is 3.68. The average molecular weight is 371 g/mol. The fourth-order valence-electron chi connectivity index (χ4n) is 1.07. The van der Waals surface area contributed by atoms with E-state index < -0.39 is 0 Å². The molecule has 0 heterocycles. The van der Waals surface area contributed by atoms with Gasteiger partial charge in [0.25, 0.3) is 0 Å². The third-order valence-electron chi connectivity index (χ3n) is 1.69. The molecule has 1 aromatic carbocycles. The van der Waals surface area contributed by atoms with E-state index in [1.807, 2.05) is 36.4 Å². The first-order valence-electron chi connectivity index (χ1n) is 4.65. The van der Waals surface area contributed by atoms with Crippen molar-refractivity contribution in [3.05, 3.63) is 20.7 Å². The van der Waals surface area contributed by atoms with E-state index in [0.29, 0.717) is 13.7 Å². The number of phenolic OH excluding ortho intramolecular Hbond substituents is 1. The predicted octanol–water partition coefficient (Wildman–Crippen LogP) is 3.35. The molecule has 0 fully saturated rings. The maximum atomic E-state index is 9.49. The quantitative estimate of drug-likeness (QED) is 0.424. The van der Waals surface area contributed by atoms with E-state index in [1.165, 1.54) is 0 Å². The summed E-state index contributed by atoms with van der Waals surface area (Å²) in [5.74, 6) is 0.0931. The van der Waals surface area contributed by atoms with Gasteiger partial charge < -0.3 is 15.7 Å². The zero-order valence-electron chi connectivity index (χ0n) is 8.84. The molecule has 0 bridgehead atoms. The number of thiocarbonyl (C=S) groups is 1. The van der Waals surface area contributed by atoms with Gasteiger partial charge in [-0.3, -0.25) is 0 Å². The Kier molecular flexibility index (Phi) is 5.07. The van der Waals surface area contributed by atoms with Crippen molar-refractivity contribution in [2.45, 2.75) is 19.9 Å². The van der Waals surface area contributed by atoms with Gasteiger partial charge in [0.05, 0.1) is 8.59 Å². The summed E-state index contributed by atoms with van der Waals surface area (Å²) in [5.41, 5.74) is 0.755. The van der Waals surface area contributed by atoms with E-state index in [2.05, 4.69) is 10.6 Å². The molecule has 0 aliphatic rings. The van der Waals surface area contributed by atoms with E-state index in [9.17, 15) is 5.11 Å². The van der Waals surface area contributed by atoms with E-state index in [-0.39, 0.29) is 11.8 Å². The predicted molar refractivity (Wildman–Crippen MR) is 80.3 cm³/mol. The van der Waals surface area contributed by atoms with Crippen molar-refractivity contribution in [2.75, 3.05) is 5.32 Å². The molecule has 0 amide bonds. The summed E-state index contributed by atoms with van der Waals surface area (Å²) >= 11 is 13.0. The van der Waals surface area contributed by atoms with Gasteiger partial charge in [0, 0.05) is 11.7 Å². The summed E-state index contributed by atoms with van der Waals surface area (Å²) in [6.07, 6.45) is 0. The minimum absolute atomic E-state index is 0.0931. The number of hydrogen-bond donors (Lipinski definition) is 3.